The summed E-state index contributed by atoms with van der Waals surface area (Å²) in [5.74, 6) is -0.219. The molecule has 3 aromatic rings. The molecule has 2 aliphatic heterocycles. The van der Waals surface area contributed by atoms with E-state index in [0.29, 0.717) is 24.0 Å². The summed E-state index contributed by atoms with van der Waals surface area (Å²) in [5, 5.41) is 12.5. The fourth-order valence-electron chi connectivity index (χ4n) is 4.49. The van der Waals surface area contributed by atoms with Gasteiger partial charge in [0.15, 0.2) is 0 Å². The summed E-state index contributed by atoms with van der Waals surface area (Å²) >= 11 is 6.01. The van der Waals surface area contributed by atoms with Crippen LogP contribution in [0.25, 0.3) is 10.8 Å². The molecule has 8 nitrogen and oxygen atoms in total. The molecule has 3 aromatic carbocycles. The van der Waals surface area contributed by atoms with Gasteiger partial charge in [0.05, 0.1) is 4.90 Å². The topological polar surface area (TPSA) is 116 Å². The molecule has 0 radical (unpaired) electrons. The molecule has 2 atom stereocenters. The second-order valence-corrected chi connectivity index (χ2v) is 10.8. The maximum atomic E-state index is 13.1. The SMILES string of the molecule is CC1Cc2cc(N3CC[C@H](NS(=O)(=O)c4ccc5cc(Cl)ccc5c4)C3=O)ccc2CN1.O=CO. The molecule has 0 aromatic heterocycles. The van der Waals surface area contributed by atoms with Crippen molar-refractivity contribution >= 4 is 50.5 Å². The number of carbonyl (C=O) groups is 2. The third-order valence-electron chi connectivity index (χ3n) is 6.26. The number of carbonyl (C=O) groups excluding carboxylic acids is 1. The van der Waals surface area contributed by atoms with Crippen LogP contribution in [0.1, 0.15) is 24.5 Å². The van der Waals surface area contributed by atoms with Crippen molar-refractivity contribution in [3.63, 3.8) is 0 Å². The van der Waals surface area contributed by atoms with E-state index < -0.39 is 16.1 Å². The number of anilines is 1. The molecular weight excluding hydrogens is 490 g/mol. The van der Waals surface area contributed by atoms with Gasteiger partial charge in [-0.1, -0.05) is 29.8 Å². The van der Waals surface area contributed by atoms with Crippen LogP contribution in [0.4, 0.5) is 5.69 Å². The van der Waals surface area contributed by atoms with Crippen LogP contribution in [-0.4, -0.2) is 44.5 Å². The van der Waals surface area contributed by atoms with Crippen LogP contribution in [0.3, 0.4) is 0 Å². The molecule has 10 heteroatoms. The third kappa shape index (κ3) is 5.48. The molecule has 35 heavy (non-hydrogen) atoms. The Balaban J connectivity index is 0.000000917. The Morgan fingerprint density at radius 1 is 1.09 bits per heavy atom. The molecule has 1 saturated heterocycles. The van der Waals surface area contributed by atoms with Crippen LogP contribution in [0.15, 0.2) is 59.5 Å². The highest BCUT2D eigenvalue weighted by Gasteiger charge is 2.36. The van der Waals surface area contributed by atoms with Gasteiger partial charge in [0.2, 0.25) is 15.9 Å². The number of fused-ring (bicyclic) bond motifs is 2. The van der Waals surface area contributed by atoms with E-state index in [1.165, 1.54) is 17.2 Å². The molecule has 2 heterocycles. The molecule has 0 bridgehead atoms. The number of amides is 1. The van der Waals surface area contributed by atoms with Crippen LogP contribution < -0.4 is 14.9 Å². The van der Waals surface area contributed by atoms with E-state index in [0.717, 1.165) is 29.4 Å². The van der Waals surface area contributed by atoms with E-state index in [-0.39, 0.29) is 17.3 Å². The number of sulfonamides is 1. The van der Waals surface area contributed by atoms with Crippen LogP contribution in [-0.2, 0) is 32.6 Å². The number of nitrogens with zero attached hydrogens (tertiary/aromatic N) is 1. The van der Waals surface area contributed by atoms with Crippen molar-refractivity contribution in [2.24, 2.45) is 0 Å². The molecule has 1 amide bonds. The van der Waals surface area contributed by atoms with Crippen LogP contribution >= 0.6 is 11.6 Å². The zero-order chi connectivity index (χ0) is 25.2. The number of hydrogen-bond donors (Lipinski definition) is 3. The van der Waals surface area contributed by atoms with Gasteiger partial charge < -0.3 is 15.3 Å². The van der Waals surface area contributed by atoms with E-state index in [2.05, 4.69) is 29.1 Å². The third-order valence-corrected chi connectivity index (χ3v) is 7.96. The maximum Gasteiger partial charge on any atom is 0.290 e. The van der Waals surface area contributed by atoms with Crippen LogP contribution in [0.2, 0.25) is 5.02 Å². The van der Waals surface area contributed by atoms with E-state index in [1.54, 1.807) is 35.2 Å². The molecule has 5 rings (SSSR count). The lowest BCUT2D eigenvalue weighted by Crippen LogP contribution is -2.41. The summed E-state index contributed by atoms with van der Waals surface area (Å²) in [6, 6.07) is 15.8. The largest absolute Gasteiger partial charge is 0.483 e. The van der Waals surface area contributed by atoms with Crippen molar-refractivity contribution in [1.82, 2.24) is 10.0 Å². The normalized spacial score (nSPS) is 19.7. The Labute approximate surface area is 208 Å². The quantitative estimate of drug-likeness (QED) is 0.459. The first-order chi connectivity index (χ1) is 16.7. The number of rotatable bonds is 4. The predicted molar refractivity (Wildman–Crippen MR) is 135 cm³/mol. The molecule has 1 fully saturated rings. The number of hydrogen-bond acceptors (Lipinski definition) is 5. The van der Waals surface area contributed by atoms with Gasteiger partial charge in [-0.2, -0.15) is 4.72 Å². The van der Waals surface area contributed by atoms with Crippen molar-refractivity contribution < 1.29 is 23.1 Å². The summed E-state index contributed by atoms with van der Waals surface area (Å²) in [5.41, 5.74) is 3.31. The molecular formula is C25H26ClN3O5S. The number of carboxylic acid groups (broad SMARTS) is 1. The summed E-state index contributed by atoms with van der Waals surface area (Å²) < 4.78 is 28.6. The number of nitrogens with one attached hydrogen (secondary N) is 2. The van der Waals surface area contributed by atoms with Crippen molar-refractivity contribution in [3.05, 3.63) is 70.7 Å². The summed E-state index contributed by atoms with van der Waals surface area (Å²) in [6.45, 7) is 3.20. The molecule has 0 aliphatic carbocycles. The average Bonchev–Trinajstić information content (AvgIpc) is 3.18. The highest BCUT2D eigenvalue weighted by Crippen LogP contribution is 2.28. The van der Waals surface area contributed by atoms with Gasteiger partial charge in [-0.05, 0) is 78.1 Å². The second kappa shape index (κ2) is 10.3. The molecule has 184 valence electrons. The van der Waals surface area contributed by atoms with Gasteiger partial charge in [0, 0.05) is 29.8 Å². The lowest BCUT2D eigenvalue weighted by atomic mass is 9.96. The molecule has 3 N–H and O–H groups in total. The van der Waals surface area contributed by atoms with E-state index in [1.807, 2.05) is 6.07 Å². The summed E-state index contributed by atoms with van der Waals surface area (Å²) in [6.07, 6.45) is 1.34. The summed E-state index contributed by atoms with van der Waals surface area (Å²) in [4.78, 5) is 23.2. The number of benzene rings is 3. The zero-order valence-electron chi connectivity index (χ0n) is 19.1. The highest BCUT2D eigenvalue weighted by atomic mass is 35.5. The van der Waals surface area contributed by atoms with Gasteiger partial charge in [0.1, 0.15) is 6.04 Å². The fraction of sp³-hybridized carbons (Fsp3) is 0.280. The van der Waals surface area contributed by atoms with E-state index in [4.69, 9.17) is 21.5 Å². The fourth-order valence-corrected chi connectivity index (χ4v) is 5.93. The minimum atomic E-state index is -3.84. The van der Waals surface area contributed by atoms with Gasteiger partial charge in [-0.25, -0.2) is 8.42 Å². The van der Waals surface area contributed by atoms with Gasteiger partial charge >= 0.3 is 0 Å². The van der Waals surface area contributed by atoms with Crippen molar-refractivity contribution in [2.45, 2.75) is 43.3 Å². The molecule has 0 saturated carbocycles. The molecule has 1 unspecified atom stereocenters. The smallest absolute Gasteiger partial charge is 0.290 e. The lowest BCUT2D eigenvalue weighted by molar-refractivity contribution is -0.123. The monoisotopic (exact) mass is 515 g/mol. The Bertz CT molecular complexity index is 1380. The van der Waals surface area contributed by atoms with E-state index >= 15 is 0 Å². The lowest BCUT2D eigenvalue weighted by Gasteiger charge is -2.25. The van der Waals surface area contributed by atoms with Gasteiger partial charge in [-0.15, -0.1) is 0 Å². The van der Waals surface area contributed by atoms with Gasteiger partial charge in [-0.3, -0.25) is 9.59 Å². The Hall–Kier alpha value is -2.98. The van der Waals surface area contributed by atoms with Crippen molar-refractivity contribution in [2.75, 3.05) is 11.4 Å². The first kappa shape index (κ1) is 25.1. The number of halogens is 1. The average molecular weight is 516 g/mol. The second-order valence-electron chi connectivity index (χ2n) is 8.65. The Morgan fingerprint density at radius 2 is 1.80 bits per heavy atom. The maximum absolute atomic E-state index is 13.1. The predicted octanol–water partition coefficient (Wildman–Crippen LogP) is 3.31. The van der Waals surface area contributed by atoms with Gasteiger partial charge in [0.25, 0.3) is 6.47 Å². The van der Waals surface area contributed by atoms with Crippen molar-refractivity contribution in [1.29, 1.82) is 0 Å². The Kier molecular flexibility index (Phi) is 7.42. The van der Waals surface area contributed by atoms with E-state index in [9.17, 15) is 13.2 Å². The zero-order valence-corrected chi connectivity index (χ0v) is 20.6. The van der Waals surface area contributed by atoms with Crippen LogP contribution in [0, 0.1) is 0 Å². The first-order valence-electron chi connectivity index (χ1n) is 11.2. The molecule has 2 aliphatic rings. The highest BCUT2D eigenvalue weighted by molar-refractivity contribution is 7.89. The Morgan fingerprint density at radius 3 is 2.57 bits per heavy atom. The standard InChI is InChI=1S/C24H24ClN3O3S.CH2O2/c1-15-10-19-12-21(6-3-18(19)14-26-15)28-9-8-23(24(28)29)27-32(30,31)22-7-4-16-11-20(25)5-2-17(16)13-22;2-1-3/h2-7,11-13,15,23,26-27H,8-10,14H2,1H3;1H,(H,2,3)/t15?,23-;/m0./s1. The van der Waals surface area contributed by atoms with Crippen molar-refractivity contribution in [3.8, 4) is 0 Å². The molecule has 0 spiro atoms. The first-order valence-corrected chi connectivity index (χ1v) is 13.0. The summed E-state index contributed by atoms with van der Waals surface area (Å²) in [7, 11) is -3.84. The van der Waals surface area contributed by atoms with Crippen LogP contribution in [0.5, 0.6) is 0 Å². The minimum absolute atomic E-state index is 0.133. The minimum Gasteiger partial charge on any atom is -0.483 e.